The van der Waals surface area contributed by atoms with Crippen LogP contribution in [0.4, 0.5) is 34.1 Å². The summed E-state index contributed by atoms with van der Waals surface area (Å²) < 4.78 is 0. The van der Waals surface area contributed by atoms with E-state index in [1.807, 2.05) is 24.8 Å². The van der Waals surface area contributed by atoms with Crippen molar-refractivity contribution in [3.63, 3.8) is 0 Å². The fourth-order valence-electron chi connectivity index (χ4n) is 5.33. The van der Waals surface area contributed by atoms with E-state index in [0.29, 0.717) is 0 Å². The Labute approximate surface area is 192 Å². The van der Waals surface area contributed by atoms with Crippen LogP contribution in [-0.4, -0.2) is 16.7 Å². The fourth-order valence-corrected chi connectivity index (χ4v) is 5.33. The Hall–Kier alpha value is -4.38. The van der Waals surface area contributed by atoms with Crippen molar-refractivity contribution in [1.29, 1.82) is 0 Å². The molecule has 0 saturated carbocycles. The Morgan fingerprint density at radius 2 is 0.970 bits per heavy atom. The number of hydrogen-bond donors (Lipinski definition) is 0. The first-order valence-electron chi connectivity index (χ1n) is 11.1. The maximum Gasteiger partial charge on any atom is 0.252 e. The van der Waals surface area contributed by atoms with E-state index in [4.69, 9.17) is 0 Å². The van der Waals surface area contributed by atoms with Crippen molar-refractivity contribution in [2.24, 2.45) is 0 Å². The first-order chi connectivity index (χ1) is 16.4. The molecule has 0 atom stereocenters. The van der Waals surface area contributed by atoms with Gasteiger partial charge in [0.1, 0.15) is 0 Å². The molecule has 154 valence electrons. The standard InChI is InChI=1S/C28H19BN4/c1-3-8-20(9-4-1)32-24-12-7-13-25-28(24)29(22-14-16-30-18-26(22)32)23-15-17-31-19-27(23)33(25)21-10-5-2-6-11-21/h1-19H. The van der Waals surface area contributed by atoms with E-state index in [2.05, 4.69) is 111 Å². The number of nitrogens with zero attached hydrogens (tertiary/aromatic N) is 4. The first kappa shape index (κ1) is 18.2. The summed E-state index contributed by atoms with van der Waals surface area (Å²) in [5, 5.41) is 0. The minimum Gasteiger partial charge on any atom is -0.310 e. The highest BCUT2D eigenvalue weighted by atomic mass is 15.2. The first-order valence-corrected chi connectivity index (χ1v) is 11.1. The molecular weight excluding hydrogens is 403 g/mol. The van der Waals surface area contributed by atoms with Crippen LogP contribution >= 0.6 is 0 Å². The summed E-state index contributed by atoms with van der Waals surface area (Å²) in [6.45, 7) is 0.118. The van der Waals surface area contributed by atoms with Gasteiger partial charge >= 0.3 is 0 Å². The highest BCUT2D eigenvalue weighted by molar-refractivity contribution is 7.00. The van der Waals surface area contributed by atoms with Crippen molar-refractivity contribution < 1.29 is 0 Å². The van der Waals surface area contributed by atoms with Gasteiger partial charge in [0.05, 0.1) is 23.8 Å². The normalized spacial score (nSPS) is 13.3. The van der Waals surface area contributed by atoms with Gasteiger partial charge in [-0.15, -0.1) is 0 Å². The van der Waals surface area contributed by atoms with Crippen LogP contribution in [0.25, 0.3) is 0 Å². The smallest absolute Gasteiger partial charge is 0.252 e. The average Bonchev–Trinajstić information content (AvgIpc) is 2.89. The third-order valence-corrected chi connectivity index (χ3v) is 6.63. The largest absolute Gasteiger partial charge is 0.310 e. The monoisotopic (exact) mass is 422 g/mol. The van der Waals surface area contributed by atoms with Gasteiger partial charge in [-0.05, 0) is 64.9 Å². The van der Waals surface area contributed by atoms with Gasteiger partial charge in [-0.3, -0.25) is 9.97 Å². The average molecular weight is 422 g/mol. The highest BCUT2D eigenvalue weighted by Crippen LogP contribution is 2.42. The zero-order valence-electron chi connectivity index (χ0n) is 17.8. The quantitative estimate of drug-likeness (QED) is 0.383. The van der Waals surface area contributed by atoms with Gasteiger partial charge in [-0.25, -0.2) is 0 Å². The van der Waals surface area contributed by atoms with Crippen LogP contribution in [0.15, 0.2) is 116 Å². The Balaban J connectivity index is 1.58. The molecule has 2 aromatic heterocycles. The molecule has 0 saturated heterocycles. The minimum absolute atomic E-state index is 0.118. The van der Waals surface area contributed by atoms with Gasteiger partial charge in [0.25, 0.3) is 6.71 Å². The summed E-state index contributed by atoms with van der Waals surface area (Å²) in [5.41, 5.74) is 10.7. The van der Waals surface area contributed by atoms with Crippen LogP contribution in [0.3, 0.4) is 0 Å². The molecule has 0 N–H and O–H groups in total. The SMILES string of the molecule is c1ccc(N2c3cnccc3B3c4ccncc4N(c4ccccc4)c4cccc2c43)cc1. The van der Waals surface area contributed by atoms with Gasteiger partial charge < -0.3 is 9.80 Å². The van der Waals surface area contributed by atoms with Crippen molar-refractivity contribution >= 4 is 57.2 Å². The second-order valence-corrected chi connectivity index (χ2v) is 8.35. The van der Waals surface area contributed by atoms with Crippen molar-refractivity contribution in [2.75, 3.05) is 9.80 Å². The molecule has 0 aliphatic carbocycles. The molecular formula is C28H19BN4. The lowest BCUT2D eigenvalue weighted by molar-refractivity contribution is 1.21. The van der Waals surface area contributed by atoms with Crippen LogP contribution in [0.1, 0.15) is 0 Å². The summed E-state index contributed by atoms with van der Waals surface area (Å²) in [5.74, 6) is 0. The van der Waals surface area contributed by atoms with Crippen molar-refractivity contribution in [1.82, 2.24) is 9.97 Å². The molecule has 0 spiro atoms. The van der Waals surface area contributed by atoms with E-state index in [0.717, 1.165) is 22.7 Å². The molecule has 0 fully saturated rings. The molecule has 5 heteroatoms. The number of fused-ring (bicyclic) bond motifs is 4. The molecule has 33 heavy (non-hydrogen) atoms. The van der Waals surface area contributed by atoms with Gasteiger partial charge in [-0.1, -0.05) is 42.5 Å². The number of hydrogen-bond acceptors (Lipinski definition) is 4. The number of anilines is 6. The lowest BCUT2D eigenvalue weighted by Crippen LogP contribution is -2.61. The molecule has 4 heterocycles. The van der Waals surface area contributed by atoms with E-state index >= 15 is 0 Å². The molecule has 0 radical (unpaired) electrons. The molecule has 4 nitrogen and oxygen atoms in total. The van der Waals surface area contributed by atoms with Crippen LogP contribution in [0.2, 0.25) is 0 Å². The lowest BCUT2D eigenvalue weighted by Gasteiger charge is -2.43. The summed E-state index contributed by atoms with van der Waals surface area (Å²) in [4.78, 5) is 13.7. The number of rotatable bonds is 2. The fraction of sp³-hybridized carbons (Fsp3) is 0. The molecule has 2 aliphatic rings. The Morgan fingerprint density at radius 3 is 1.45 bits per heavy atom. The van der Waals surface area contributed by atoms with E-state index < -0.39 is 0 Å². The number of aromatic nitrogens is 2. The van der Waals surface area contributed by atoms with Gasteiger partial charge in [0, 0.05) is 35.1 Å². The summed E-state index contributed by atoms with van der Waals surface area (Å²) >= 11 is 0. The summed E-state index contributed by atoms with van der Waals surface area (Å²) in [7, 11) is 0. The zero-order chi connectivity index (χ0) is 21.8. The van der Waals surface area contributed by atoms with Crippen LogP contribution in [0.5, 0.6) is 0 Å². The van der Waals surface area contributed by atoms with E-state index in [1.54, 1.807) is 0 Å². The number of pyridine rings is 2. The minimum atomic E-state index is 0.118. The Bertz CT molecular complexity index is 1380. The van der Waals surface area contributed by atoms with Gasteiger partial charge in [-0.2, -0.15) is 0 Å². The van der Waals surface area contributed by atoms with Crippen LogP contribution in [0, 0.1) is 0 Å². The molecule has 0 unspecified atom stereocenters. The molecule has 5 aromatic rings. The highest BCUT2D eigenvalue weighted by Gasteiger charge is 2.42. The van der Waals surface area contributed by atoms with Gasteiger partial charge in [0.15, 0.2) is 0 Å². The molecule has 0 bridgehead atoms. The van der Waals surface area contributed by atoms with Gasteiger partial charge in [0.2, 0.25) is 0 Å². The topological polar surface area (TPSA) is 32.3 Å². The Morgan fingerprint density at radius 1 is 0.485 bits per heavy atom. The third-order valence-electron chi connectivity index (χ3n) is 6.63. The third kappa shape index (κ3) is 2.59. The summed E-state index contributed by atoms with van der Waals surface area (Å²) in [6.07, 6.45) is 7.78. The maximum absolute atomic E-state index is 4.51. The van der Waals surface area contributed by atoms with Crippen molar-refractivity contribution in [3.05, 3.63) is 116 Å². The second kappa shape index (κ2) is 7.07. The molecule has 2 aliphatic heterocycles. The summed E-state index contributed by atoms with van der Waals surface area (Å²) in [6, 6.07) is 32.0. The van der Waals surface area contributed by atoms with Crippen molar-refractivity contribution in [2.45, 2.75) is 0 Å². The molecule has 0 amide bonds. The molecule has 3 aromatic carbocycles. The van der Waals surface area contributed by atoms with Crippen LogP contribution < -0.4 is 26.2 Å². The lowest BCUT2D eigenvalue weighted by atomic mass is 9.33. The zero-order valence-corrected chi connectivity index (χ0v) is 17.8. The predicted molar refractivity (Wildman–Crippen MR) is 136 cm³/mol. The molecule has 7 rings (SSSR count). The van der Waals surface area contributed by atoms with E-state index in [-0.39, 0.29) is 6.71 Å². The predicted octanol–water partition coefficient (Wildman–Crippen LogP) is 4.56. The number of para-hydroxylation sites is 2. The van der Waals surface area contributed by atoms with E-state index in [1.165, 1.54) is 27.8 Å². The Kier molecular flexibility index (Phi) is 3.90. The number of benzene rings is 3. The second-order valence-electron chi connectivity index (χ2n) is 8.35. The van der Waals surface area contributed by atoms with E-state index in [9.17, 15) is 0 Å². The van der Waals surface area contributed by atoms with Crippen LogP contribution in [-0.2, 0) is 0 Å². The maximum atomic E-state index is 4.51. The van der Waals surface area contributed by atoms with Crippen molar-refractivity contribution in [3.8, 4) is 0 Å².